The zero-order valence-corrected chi connectivity index (χ0v) is 13.8. The third-order valence-electron chi connectivity index (χ3n) is 3.96. The summed E-state index contributed by atoms with van der Waals surface area (Å²) < 4.78 is 0. The number of carbonyl (C=O) groups is 1. The van der Waals surface area contributed by atoms with E-state index in [1.807, 2.05) is 48.5 Å². The van der Waals surface area contributed by atoms with Gasteiger partial charge in [-0.2, -0.15) is 0 Å². The Labute approximate surface area is 143 Å². The molecule has 0 fully saturated rings. The molecule has 0 aliphatic rings. The molecule has 0 aromatic heterocycles. The summed E-state index contributed by atoms with van der Waals surface area (Å²) in [5.74, 6) is 0.169. The van der Waals surface area contributed by atoms with Gasteiger partial charge < -0.3 is 0 Å². The lowest BCUT2D eigenvalue weighted by Crippen LogP contribution is -1.94. The first-order chi connectivity index (χ1) is 11.7. The second kappa shape index (κ2) is 7.56. The monoisotopic (exact) mass is 312 g/mol. The molecule has 0 saturated carbocycles. The summed E-state index contributed by atoms with van der Waals surface area (Å²) in [6.45, 7) is 1.64. The van der Waals surface area contributed by atoms with Crippen molar-refractivity contribution < 1.29 is 4.79 Å². The molecule has 0 aliphatic heterocycles. The summed E-state index contributed by atoms with van der Waals surface area (Å²) in [6.07, 6.45) is 2.58. The van der Waals surface area contributed by atoms with E-state index in [1.54, 1.807) is 6.92 Å². The molecule has 1 nitrogen and oxygen atoms in total. The van der Waals surface area contributed by atoms with Crippen LogP contribution in [0.2, 0.25) is 0 Å². The minimum Gasteiger partial charge on any atom is -0.300 e. The highest BCUT2D eigenvalue weighted by atomic mass is 16.1. The molecule has 0 bridgehead atoms. The van der Waals surface area contributed by atoms with Gasteiger partial charge in [0.2, 0.25) is 0 Å². The minimum atomic E-state index is 0.169. The van der Waals surface area contributed by atoms with Gasteiger partial charge in [-0.3, -0.25) is 4.79 Å². The van der Waals surface area contributed by atoms with E-state index in [9.17, 15) is 4.79 Å². The third kappa shape index (κ3) is 3.88. The van der Waals surface area contributed by atoms with Crippen LogP contribution in [0.4, 0.5) is 0 Å². The number of rotatable bonds is 5. The summed E-state index contributed by atoms with van der Waals surface area (Å²) in [5.41, 5.74) is 5.63. The predicted octanol–water partition coefficient (Wildman–Crippen LogP) is 5.87. The van der Waals surface area contributed by atoms with Gasteiger partial charge >= 0.3 is 0 Å². The highest BCUT2D eigenvalue weighted by molar-refractivity contribution is 5.96. The van der Waals surface area contributed by atoms with Crippen molar-refractivity contribution in [1.82, 2.24) is 0 Å². The number of hydrogen-bond donors (Lipinski definition) is 0. The molecule has 3 aromatic carbocycles. The fourth-order valence-electron chi connectivity index (χ4n) is 2.85. The van der Waals surface area contributed by atoms with Crippen molar-refractivity contribution in [3.05, 3.63) is 96.1 Å². The molecule has 0 unspecified atom stereocenters. The molecule has 0 spiro atoms. The van der Waals surface area contributed by atoms with Crippen LogP contribution in [0.5, 0.6) is 0 Å². The second-order valence-electron chi connectivity index (χ2n) is 5.87. The topological polar surface area (TPSA) is 17.1 Å². The fraction of sp³-hybridized carbons (Fsp3) is 0.0870. The normalized spacial score (nSPS) is 11.3. The molecule has 0 radical (unpaired) electrons. The predicted molar refractivity (Wildman–Crippen MR) is 101 cm³/mol. The van der Waals surface area contributed by atoms with E-state index >= 15 is 0 Å². The fourth-order valence-corrected chi connectivity index (χ4v) is 2.85. The van der Waals surface area contributed by atoms with Gasteiger partial charge in [0, 0.05) is 6.42 Å². The molecule has 118 valence electrons. The Morgan fingerprint density at radius 3 is 2.04 bits per heavy atom. The van der Waals surface area contributed by atoms with Crippen LogP contribution < -0.4 is 0 Å². The lowest BCUT2D eigenvalue weighted by Gasteiger charge is -2.10. The average Bonchev–Trinajstić information content (AvgIpc) is 2.63. The molecular formula is C23H20O. The number of benzene rings is 3. The van der Waals surface area contributed by atoms with E-state index < -0.39 is 0 Å². The molecular weight excluding hydrogens is 292 g/mol. The van der Waals surface area contributed by atoms with Crippen LogP contribution >= 0.6 is 0 Å². The lowest BCUT2D eigenvalue weighted by molar-refractivity contribution is -0.116. The first-order valence-corrected chi connectivity index (χ1v) is 8.14. The van der Waals surface area contributed by atoms with Gasteiger partial charge in [0.05, 0.1) is 0 Å². The Morgan fingerprint density at radius 2 is 1.38 bits per heavy atom. The standard InChI is InChI=1S/C23H20O/c1-18(24)16-22(19-10-4-2-5-11-19)17-21-14-8-9-15-23(21)20-12-6-3-7-13-20/h2-15,17H,16H2,1H3. The van der Waals surface area contributed by atoms with Crippen LogP contribution in [0.3, 0.4) is 0 Å². The van der Waals surface area contributed by atoms with Crippen molar-refractivity contribution in [2.24, 2.45) is 0 Å². The first kappa shape index (κ1) is 15.9. The maximum absolute atomic E-state index is 11.7. The summed E-state index contributed by atoms with van der Waals surface area (Å²) in [5, 5.41) is 0. The molecule has 24 heavy (non-hydrogen) atoms. The van der Waals surface area contributed by atoms with Crippen molar-refractivity contribution in [3.8, 4) is 11.1 Å². The Bertz CT molecular complexity index is 845. The van der Waals surface area contributed by atoms with E-state index in [0.717, 1.165) is 16.7 Å². The molecule has 0 atom stereocenters. The Kier molecular flexibility index (Phi) is 5.02. The quantitative estimate of drug-likeness (QED) is 0.538. The Hall–Kier alpha value is -2.93. The molecule has 0 heterocycles. The summed E-state index contributed by atoms with van der Waals surface area (Å²) >= 11 is 0. The number of carbonyl (C=O) groups excluding carboxylic acids is 1. The van der Waals surface area contributed by atoms with E-state index in [0.29, 0.717) is 6.42 Å². The van der Waals surface area contributed by atoms with Gasteiger partial charge in [0.1, 0.15) is 5.78 Å². The highest BCUT2D eigenvalue weighted by Gasteiger charge is 2.08. The summed E-state index contributed by atoms with van der Waals surface area (Å²) in [6, 6.07) is 28.8. The van der Waals surface area contributed by atoms with Crippen molar-refractivity contribution in [3.63, 3.8) is 0 Å². The van der Waals surface area contributed by atoms with E-state index in [4.69, 9.17) is 0 Å². The van der Waals surface area contributed by atoms with Crippen LogP contribution in [-0.2, 0) is 4.79 Å². The lowest BCUT2D eigenvalue weighted by atomic mass is 9.94. The highest BCUT2D eigenvalue weighted by Crippen LogP contribution is 2.28. The first-order valence-electron chi connectivity index (χ1n) is 8.14. The summed E-state index contributed by atoms with van der Waals surface area (Å²) in [4.78, 5) is 11.7. The van der Waals surface area contributed by atoms with Gasteiger partial charge in [-0.15, -0.1) is 0 Å². The summed E-state index contributed by atoms with van der Waals surface area (Å²) in [7, 11) is 0. The van der Waals surface area contributed by atoms with E-state index in [2.05, 4.69) is 42.5 Å². The largest absolute Gasteiger partial charge is 0.300 e. The third-order valence-corrected chi connectivity index (χ3v) is 3.96. The maximum Gasteiger partial charge on any atom is 0.134 e. The van der Waals surface area contributed by atoms with Gasteiger partial charge in [-0.1, -0.05) is 91.0 Å². The molecule has 0 saturated heterocycles. The smallest absolute Gasteiger partial charge is 0.134 e. The Morgan fingerprint density at radius 1 is 0.792 bits per heavy atom. The van der Waals surface area contributed by atoms with Crippen LogP contribution in [0.15, 0.2) is 84.9 Å². The second-order valence-corrected chi connectivity index (χ2v) is 5.87. The van der Waals surface area contributed by atoms with Crippen molar-refractivity contribution in [2.75, 3.05) is 0 Å². The van der Waals surface area contributed by atoms with Gasteiger partial charge in [-0.05, 0) is 34.8 Å². The number of hydrogen-bond acceptors (Lipinski definition) is 1. The molecule has 1 heteroatoms. The van der Waals surface area contributed by atoms with Crippen molar-refractivity contribution in [1.29, 1.82) is 0 Å². The van der Waals surface area contributed by atoms with Crippen LogP contribution in [-0.4, -0.2) is 5.78 Å². The van der Waals surface area contributed by atoms with Crippen LogP contribution in [0.1, 0.15) is 24.5 Å². The number of allylic oxidation sites excluding steroid dienone is 1. The number of ketones is 1. The van der Waals surface area contributed by atoms with Crippen LogP contribution in [0.25, 0.3) is 22.8 Å². The number of Topliss-reactive ketones (excluding diaryl/α,β-unsaturated/α-hetero) is 1. The molecule has 0 N–H and O–H groups in total. The molecule has 0 aliphatic carbocycles. The molecule has 3 aromatic rings. The van der Waals surface area contributed by atoms with E-state index in [1.165, 1.54) is 11.1 Å². The van der Waals surface area contributed by atoms with E-state index in [-0.39, 0.29) is 5.78 Å². The SMILES string of the molecule is CC(=O)CC(=Cc1ccccc1-c1ccccc1)c1ccccc1. The minimum absolute atomic E-state index is 0.169. The zero-order chi connectivity index (χ0) is 16.8. The molecule has 0 amide bonds. The molecule has 3 rings (SSSR count). The Balaban J connectivity index is 2.09. The van der Waals surface area contributed by atoms with Crippen molar-refractivity contribution >= 4 is 17.4 Å². The maximum atomic E-state index is 11.7. The zero-order valence-electron chi connectivity index (χ0n) is 13.8. The van der Waals surface area contributed by atoms with Gasteiger partial charge in [0.15, 0.2) is 0 Å². The average molecular weight is 312 g/mol. The van der Waals surface area contributed by atoms with Gasteiger partial charge in [0.25, 0.3) is 0 Å². The van der Waals surface area contributed by atoms with Gasteiger partial charge in [-0.25, -0.2) is 0 Å². The van der Waals surface area contributed by atoms with Crippen molar-refractivity contribution in [2.45, 2.75) is 13.3 Å². The van der Waals surface area contributed by atoms with Crippen LogP contribution in [0, 0.1) is 0 Å².